The first-order valence-corrected chi connectivity index (χ1v) is 4.66. The summed E-state index contributed by atoms with van der Waals surface area (Å²) in [6.07, 6.45) is 0. The van der Waals surface area contributed by atoms with E-state index >= 15 is 0 Å². The molecule has 6 heteroatoms. The number of rotatable bonds is 2. The second kappa shape index (κ2) is 3.73. The summed E-state index contributed by atoms with van der Waals surface area (Å²) in [7, 11) is 1.66. The number of nitrogens with zero attached hydrogens (tertiary/aromatic N) is 3. The molecule has 0 amide bonds. The molecule has 16 heavy (non-hydrogen) atoms. The zero-order valence-electron chi connectivity index (χ0n) is 8.58. The number of benzene rings is 1. The minimum Gasteiger partial charge on any atom is -0.327 e. The molecular weight excluding hydrogens is 210 g/mol. The molecule has 0 N–H and O–H groups in total. The van der Waals surface area contributed by atoms with E-state index in [0.29, 0.717) is 10.9 Å². The number of hydrogen-bond donors (Lipinski definition) is 0. The topological polar surface area (TPSA) is 78.0 Å². The Morgan fingerprint density at radius 1 is 1.44 bits per heavy atom. The third-order valence-electron chi connectivity index (χ3n) is 2.38. The highest BCUT2D eigenvalue weighted by Crippen LogP contribution is 2.09. The standard InChI is InChI=1S/C10H9N3O3/c1-12-8-5-3-2-4-7(8)10(14)11-9(12)6-13(15)16/h2-5H,6H2,1H3. The summed E-state index contributed by atoms with van der Waals surface area (Å²) in [5.41, 5.74) is 0.227. The van der Waals surface area contributed by atoms with Crippen molar-refractivity contribution in [3.8, 4) is 0 Å². The summed E-state index contributed by atoms with van der Waals surface area (Å²) in [5, 5.41) is 10.9. The molecule has 0 aliphatic rings. The van der Waals surface area contributed by atoms with Gasteiger partial charge < -0.3 is 4.57 Å². The average molecular weight is 219 g/mol. The molecule has 1 aromatic heterocycles. The third-order valence-corrected chi connectivity index (χ3v) is 2.38. The summed E-state index contributed by atoms with van der Waals surface area (Å²) >= 11 is 0. The Bertz CT molecular complexity index is 618. The predicted octanol–water partition coefficient (Wildman–Crippen LogP) is 0.710. The lowest BCUT2D eigenvalue weighted by Gasteiger charge is -2.07. The quantitative estimate of drug-likeness (QED) is 0.550. The van der Waals surface area contributed by atoms with Gasteiger partial charge in [-0.15, -0.1) is 0 Å². The minimum atomic E-state index is -0.503. The van der Waals surface area contributed by atoms with E-state index in [0.717, 1.165) is 0 Å². The zero-order chi connectivity index (χ0) is 11.7. The summed E-state index contributed by atoms with van der Waals surface area (Å²) in [5.74, 6) is 0.161. The lowest BCUT2D eigenvalue weighted by Crippen LogP contribution is -2.19. The summed E-state index contributed by atoms with van der Waals surface area (Å²) < 4.78 is 1.57. The van der Waals surface area contributed by atoms with Crippen molar-refractivity contribution in [1.82, 2.24) is 9.55 Å². The molecule has 0 radical (unpaired) electrons. The van der Waals surface area contributed by atoms with Gasteiger partial charge in [0.05, 0.1) is 10.9 Å². The molecule has 0 aliphatic heterocycles. The number of para-hydroxylation sites is 1. The summed E-state index contributed by atoms with van der Waals surface area (Å²) in [6.45, 7) is -0.448. The molecule has 1 heterocycles. The van der Waals surface area contributed by atoms with Crippen LogP contribution in [-0.2, 0) is 13.6 Å². The molecule has 82 valence electrons. The Hall–Kier alpha value is -2.24. The van der Waals surface area contributed by atoms with E-state index in [1.165, 1.54) is 0 Å². The Kier molecular flexibility index (Phi) is 2.40. The molecule has 0 unspecified atom stereocenters. The molecule has 6 nitrogen and oxygen atoms in total. The van der Waals surface area contributed by atoms with Gasteiger partial charge >= 0.3 is 0 Å². The van der Waals surface area contributed by atoms with Crippen LogP contribution in [0.1, 0.15) is 5.82 Å². The van der Waals surface area contributed by atoms with Crippen LogP contribution >= 0.6 is 0 Å². The minimum absolute atomic E-state index is 0.161. The number of fused-ring (bicyclic) bond motifs is 1. The van der Waals surface area contributed by atoms with Crippen LogP contribution in [0.2, 0.25) is 0 Å². The van der Waals surface area contributed by atoms with Gasteiger partial charge in [0.15, 0.2) is 5.82 Å². The third kappa shape index (κ3) is 1.65. The van der Waals surface area contributed by atoms with Gasteiger partial charge in [0.25, 0.3) is 12.1 Å². The van der Waals surface area contributed by atoms with Gasteiger partial charge in [0, 0.05) is 12.0 Å². The van der Waals surface area contributed by atoms with E-state index in [9.17, 15) is 14.9 Å². The molecule has 0 fully saturated rings. The van der Waals surface area contributed by atoms with Crippen molar-refractivity contribution < 1.29 is 4.92 Å². The first-order valence-electron chi connectivity index (χ1n) is 4.66. The van der Waals surface area contributed by atoms with Crippen molar-refractivity contribution in [2.45, 2.75) is 6.54 Å². The van der Waals surface area contributed by atoms with Gasteiger partial charge in [0.1, 0.15) is 0 Å². The molecule has 0 bridgehead atoms. The van der Waals surface area contributed by atoms with E-state index in [1.807, 2.05) is 0 Å². The van der Waals surface area contributed by atoms with Gasteiger partial charge in [-0.3, -0.25) is 14.9 Å². The van der Waals surface area contributed by atoms with Crippen molar-refractivity contribution in [2.24, 2.45) is 7.05 Å². The molecule has 2 aromatic rings. The van der Waals surface area contributed by atoms with Crippen LogP contribution in [0.25, 0.3) is 10.9 Å². The highest BCUT2D eigenvalue weighted by molar-refractivity contribution is 5.77. The van der Waals surface area contributed by atoms with E-state index in [2.05, 4.69) is 4.98 Å². The van der Waals surface area contributed by atoms with Gasteiger partial charge in [-0.2, -0.15) is 4.98 Å². The van der Waals surface area contributed by atoms with Crippen LogP contribution in [0.15, 0.2) is 29.1 Å². The number of hydrogen-bond acceptors (Lipinski definition) is 4. The second-order valence-electron chi connectivity index (χ2n) is 3.40. The van der Waals surface area contributed by atoms with Crippen molar-refractivity contribution in [3.05, 3.63) is 50.6 Å². The van der Waals surface area contributed by atoms with Crippen LogP contribution in [0.5, 0.6) is 0 Å². The SMILES string of the molecule is Cn1c(C[N+](=O)[O-])nc(=O)c2ccccc21. The van der Waals surface area contributed by atoms with Gasteiger partial charge in [-0.1, -0.05) is 12.1 Å². The van der Waals surface area contributed by atoms with Crippen molar-refractivity contribution in [2.75, 3.05) is 0 Å². The first kappa shape index (κ1) is 10.3. The Labute approximate surface area is 90.3 Å². The maximum absolute atomic E-state index is 11.6. The van der Waals surface area contributed by atoms with E-state index in [-0.39, 0.29) is 5.82 Å². The van der Waals surface area contributed by atoms with Crippen molar-refractivity contribution in [1.29, 1.82) is 0 Å². The lowest BCUT2D eigenvalue weighted by molar-refractivity contribution is -0.498. The lowest BCUT2D eigenvalue weighted by atomic mass is 10.2. The molecule has 0 atom stereocenters. The van der Waals surface area contributed by atoms with Crippen LogP contribution in [-0.4, -0.2) is 14.5 Å². The maximum Gasteiger partial charge on any atom is 0.281 e. The molecule has 1 aromatic carbocycles. The number of aryl methyl sites for hydroxylation is 1. The number of aromatic nitrogens is 2. The monoisotopic (exact) mass is 219 g/mol. The number of nitro groups is 1. The maximum atomic E-state index is 11.6. The zero-order valence-corrected chi connectivity index (χ0v) is 8.58. The Balaban J connectivity index is 2.75. The van der Waals surface area contributed by atoms with E-state index in [1.54, 1.807) is 35.9 Å². The average Bonchev–Trinajstić information content (AvgIpc) is 2.25. The Morgan fingerprint density at radius 3 is 2.81 bits per heavy atom. The predicted molar refractivity (Wildman–Crippen MR) is 57.7 cm³/mol. The Morgan fingerprint density at radius 2 is 2.12 bits per heavy atom. The fourth-order valence-corrected chi connectivity index (χ4v) is 1.60. The smallest absolute Gasteiger partial charge is 0.281 e. The molecule has 0 aliphatic carbocycles. The van der Waals surface area contributed by atoms with Gasteiger partial charge in [-0.05, 0) is 12.1 Å². The summed E-state index contributed by atoms with van der Waals surface area (Å²) in [6, 6.07) is 6.90. The van der Waals surface area contributed by atoms with Gasteiger partial charge in [-0.25, -0.2) is 0 Å². The van der Waals surface area contributed by atoms with E-state index < -0.39 is 17.0 Å². The largest absolute Gasteiger partial charge is 0.327 e. The van der Waals surface area contributed by atoms with Gasteiger partial charge in [0.2, 0.25) is 0 Å². The van der Waals surface area contributed by atoms with Crippen LogP contribution in [0.3, 0.4) is 0 Å². The van der Waals surface area contributed by atoms with Crippen LogP contribution in [0.4, 0.5) is 0 Å². The molecular formula is C10H9N3O3. The van der Waals surface area contributed by atoms with Crippen LogP contribution < -0.4 is 5.56 Å². The van der Waals surface area contributed by atoms with E-state index in [4.69, 9.17) is 0 Å². The molecule has 0 saturated heterocycles. The normalized spacial score (nSPS) is 10.6. The highest BCUT2D eigenvalue weighted by atomic mass is 16.6. The second-order valence-corrected chi connectivity index (χ2v) is 3.40. The molecule has 0 saturated carbocycles. The molecule has 0 spiro atoms. The fourth-order valence-electron chi connectivity index (χ4n) is 1.60. The highest BCUT2D eigenvalue weighted by Gasteiger charge is 2.11. The van der Waals surface area contributed by atoms with Crippen molar-refractivity contribution in [3.63, 3.8) is 0 Å². The fraction of sp³-hybridized carbons (Fsp3) is 0.200. The molecule has 2 rings (SSSR count). The van der Waals surface area contributed by atoms with Crippen molar-refractivity contribution >= 4 is 10.9 Å². The first-order chi connectivity index (χ1) is 7.59. The van der Waals surface area contributed by atoms with Crippen LogP contribution in [0, 0.1) is 10.1 Å². The summed E-state index contributed by atoms with van der Waals surface area (Å²) in [4.78, 5) is 25.2.